The number of amides is 2. The zero-order chi connectivity index (χ0) is 29.2. The molecular formula is C23H18F3N3O9S2. The number of carbonyl (C=O) groups is 3. The number of hydrogen-bond acceptors (Lipinski definition) is 10. The van der Waals surface area contributed by atoms with Crippen LogP contribution in [-0.4, -0.2) is 58.7 Å². The topological polar surface area (TPSA) is 162 Å². The Morgan fingerprint density at radius 3 is 2.35 bits per heavy atom. The van der Waals surface area contributed by atoms with E-state index < -0.39 is 73.6 Å². The average Bonchev–Trinajstić information content (AvgIpc) is 2.90. The van der Waals surface area contributed by atoms with Gasteiger partial charge >= 0.3 is 21.6 Å². The highest BCUT2D eigenvalue weighted by molar-refractivity contribution is 8.00. The third-order valence-corrected chi connectivity index (χ3v) is 7.90. The highest BCUT2D eigenvalue weighted by atomic mass is 32.2. The third-order valence-electron chi connectivity index (χ3n) is 5.66. The smallest absolute Gasteiger partial charge is 0.456 e. The molecule has 40 heavy (non-hydrogen) atoms. The van der Waals surface area contributed by atoms with Crippen LogP contribution in [0.1, 0.15) is 11.1 Å². The van der Waals surface area contributed by atoms with E-state index in [9.17, 15) is 46.1 Å². The molecule has 212 valence electrons. The van der Waals surface area contributed by atoms with E-state index in [1.54, 1.807) is 30.3 Å². The molecule has 0 radical (unpaired) electrons. The molecule has 1 saturated heterocycles. The Morgan fingerprint density at radius 1 is 1.10 bits per heavy atom. The first-order valence-electron chi connectivity index (χ1n) is 11.2. The van der Waals surface area contributed by atoms with Crippen molar-refractivity contribution in [3.8, 4) is 0 Å². The first-order valence-corrected chi connectivity index (χ1v) is 13.7. The number of fused-ring (bicyclic) bond motifs is 1. The highest BCUT2D eigenvalue weighted by Crippen LogP contribution is 2.42. The fourth-order valence-corrected chi connectivity index (χ4v) is 5.59. The Balaban J connectivity index is 1.54. The van der Waals surface area contributed by atoms with Gasteiger partial charge in [-0.3, -0.25) is 24.6 Å². The minimum atomic E-state index is -6.20. The summed E-state index contributed by atoms with van der Waals surface area (Å²) in [5.74, 6) is -4.35. The summed E-state index contributed by atoms with van der Waals surface area (Å²) in [5.41, 5.74) is -6.01. The Bertz CT molecular complexity index is 1480. The number of esters is 1. The second-order valence-electron chi connectivity index (χ2n) is 8.37. The van der Waals surface area contributed by atoms with Crippen molar-refractivity contribution in [3.63, 3.8) is 0 Å². The molecule has 0 aliphatic carbocycles. The molecule has 2 aromatic rings. The van der Waals surface area contributed by atoms with Crippen LogP contribution < -0.4 is 5.32 Å². The van der Waals surface area contributed by atoms with Gasteiger partial charge in [-0.15, -0.1) is 11.8 Å². The zero-order valence-corrected chi connectivity index (χ0v) is 21.6. The summed E-state index contributed by atoms with van der Waals surface area (Å²) in [7, 11) is -6.20. The van der Waals surface area contributed by atoms with Crippen LogP contribution in [0.4, 0.5) is 18.9 Å². The molecule has 2 heterocycles. The lowest BCUT2D eigenvalue weighted by Gasteiger charge is -2.49. The maximum absolute atomic E-state index is 13.0. The van der Waals surface area contributed by atoms with E-state index in [1.807, 2.05) is 0 Å². The molecular weight excluding hydrogens is 583 g/mol. The van der Waals surface area contributed by atoms with Gasteiger partial charge in [0.2, 0.25) is 5.91 Å². The molecule has 2 aliphatic rings. The normalized spacial score (nSPS) is 18.9. The van der Waals surface area contributed by atoms with Crippen LogP contribution in [0, 0.1) is 10.1 Å². The minimum absolute atomic E-state index is 0.0693. The van der Waals surface area contributed by atoms with Crippen molar-refractivity contribution in [1.82, 2.24) is 10.2 Å². The van der Waals surface area contributed by atoms with Crippen molar-refractivity contribution in [1.29, 1.82) is 0 Å². The number of thioether (sulfide) groups is 1. The van der Waals surface area contributed by atoms with Gasteiger partial charge in [0.05, 0.1) is 17.1 Å². The van der Waals surface area contributed by atoms with Crippen LogP contribution in [0.2, 0.25) is 0 Å². The number of alkyl halides is 3. The Kier molecular flexibility index (Phi) is 8.06. The molecule has 17 heteroatoms. The molecule has 4 rings (SSSR count). The van der Waals surface area contributed by atoms with Crippen molar-refractivity contribution < 1.29 is 49.8 Å². The number of β-lactam (4-membered cyclic amide) rings is 1. The number of nitrogens with one attached hydrogen (secondary N) is 1. The predicted molar refractivity (Wildman–Crippen MR) is 131 cm³/mol. The molecule has 0 saturated carbocycles. The van der Waals surface area contributed by atoms with Gasteiger partial charge in [-0.05, 0) is 23.3 Å². The molecule has 1 fully saturated rings. The lowest BCUT2D eigenvalue weighted by Crippen LogP contribution is -2.70. The highest BCUT2D eigenvalue weighted by Gasteiger charge is 2.57. The number of ether oxygens (including phenoxy) is 1. The van der Waals surface area contributed by atoms with Gasteiger partial charge in [0.15, 0.2) is 11.5 Å². The van der Waals surface area contributed by atoms with E-state index in [-0.39, 0.29) is 17.7 Å². The summed E-state index contributed by atoms with van der Waals surface area (Å²) in [6, 6.07) is 12.2. The molecule has 1 N–H and O–H groups in total. The molecule has 2 aliphatic heterocycles. The summed E-state index contributed by atoms with van der Waals surface area (Å²) >= 11 is 0.777. The molecule has 0 unspecified atom stereocenters. The van der Waals surface area contributed by atoms with Crippen molar-refractivity contribution in [2.24, 2.45) is 0 Å². The lowest BCUT2D eigenvalue weighted by atomic mass is 10.0. The van der Waals surface area contributed by atoms with Crippen molar-refractivity contribution in [2.75, 3.05) is 5.75 Å². The summed E-state index contributed by atoms with van der Waals surface area (Å²) in [5, 5.41) is 12.4. The molecule has 12 nitrogen and oxygen atoms in total. The molecule has 0 spiro atoms. The molecule has 2 amide bonds. The summed E-state index contributed by atoms with van der Waals surface area (Å²) in [4.78, 5) is 49.2. The van der Waals surface area contributed by atoms with Gasteiger partial charge in [0, 0.05) is 12.1 Å². The van der Waals surface area contributed by atoms with E-state index in [4.69, 9.17) is 4.74 Å². The zero-order valence-electron chi connectivity index (χ0n) is 20.0. The van der Waals surface area contributed by atoms with Crippen LogP contribution in [0.5, 0.6) is 0 Å². The van der Waals surface area contributed by atoms with Crippen LogP contribution in [0.25, 0.3) is 0 Å². The number of non-ortho nitro benzene ring substituents is 1. The Hall–Kier alpha value is -4.12. The third kappa shape index (κ3) is 6.04. The van der Waals surface area contributed by atoms with E-state index in [2.05, 4.69) is 9.50 Å². The van der Waals surface area contributed by atoms with Gasteiger partial charge in [-0.2, -0.15) is 21.6 Å². The number of hydrogen-bond donors (Lipinski definition) is 1. The number of nitro benzene ring substituents is 1. The average molecular weight is 602 g/mol. The fourth-order valence-electron chi connectivity index (χ4n) is 3.76. The van der Waals surface area contributed by atoms with Gasteiger partial charge in [0.1, 0.15) is 18.0 Å². The molecule has 0 aromatic heterocycles. The van der Waals surface area contributed by atoms with E-state index in [0.29, 0.717) is 10.5 Å². The Labute approximate surface area is 228 Å². The fraction of sp³-hybridized carbons (Fsp3) is 0.261. The monoisotopic (exact) mass is 601 g/mol. The number of rotatable bonds is 9. The van der Waals surface area contributed by atoms with Crippen LogP contribution in [0.15, 0.2) is 66.1 Å². The van der Waals surface area contributed by atoms with Crippen molar-refractivity contribution >= 4 is 45.4 Å². The van der Waals surface area contributed by atoms with E-state index in [0.717, 1.165) is 23.9 Å². The summed E-state index contributed by atoms with van der Waals surface area (Å²) < 4.78 is 71.6. The van der Waals surface area contributed by atoms with Crippen LogP contribution in [0.3, 0.4) is 0 Å². The number of benzene rings is 2. The summed E-state index contributed by atoms with van der Waals surface area (Å²) in [6.07, 6.45) is -0.0693. The largest absolute Gasteiger partial charge is 0.534 e. The van der Waals surface area contributed by atoms with Gasteiger partial charge in [-0.25, -0.2) is 4.79 Å². The number of halogens is 3. The first-order chi connectivity index (χ1) is 18.8. The molecule has 0 bridgehead atoms. The quantitative estimate of drug-likeness (QED) is 0.113. The number of carbonyl (C=O) groups excluding carboxylic acids is 3. The van der Waals surface area contributed by atoms with Crippen LogP contribution >= 0.6 is 11.8 Å². The van der Waals surface area contributed by atoms with Gasteiger partial charge < -0.3 is 14.2 Å². The van der Waals surface area contributed by atoms with E-state index in [1.165, 1.54) is 12.1 Å². The number of nitrogens with zero attached hydrogens (tertiary/aromatic N) is 2. The predicted octanol–water partition coefficient (Wildman–Crippen LogP) is 2.36. The van der Waals surface area contributed by atoms with Gasteiger partial charge in [-0.1, -0.05) is 30.3 Å². The number of nitro groups is 1. The second kappa shape index (κ2) is 11.2. The Morgan fingerprint density at radius 2 is 1.75 bits per heavy atom. The van der Waals surface area contributed by atoms with Gasteiger partial charge in [0.25, 0.3) is 11.6 Å². The summed E-state index contributed by atoms with van der Waals surface area (Å²) in [6.45, 7) is -0.517. The van der Waals surface area contributed by atoms with E-state index >= 15 is 0 Å². The minimum Gasteiger partial charge on any atom is -0.456 e. The second-order valence-corrected chi connectivity index (χ2v) is 11.0. The van der Waals surface area contributed by atoms with Crippen LogP contribution in [-0.2, 0) is 46.4 Å². The maximum Gasteiger partial charge on any atom is 0.534 e. The maximum atomic E-state index is 13.0. The molecule has 2 atom stereocenters. The van der Waals surface area contributed by atoms with Crippen molar-refractivity contribution in [3.05, 3.63) is 87.3 Å². The lowest BCUT2D eigenvalue weighted by molar-refractivity contribution is -0.384. The molecule has 2 aromatic carbocycles. The first kappa shape index (κ1) is 28.9. The standard InChI is InChI=1S/C23H18F3N3O9S2/c24-23(25,26)40(35,36)38-16-12-39-21-18(27-17(30)10-13-4-2-1-3-5-13)20(31)28(21)19(16)22(32)37-11-14-6-8-15(9-7-14)29(33)34/h1-9,18,21H,10-12H2,(H,27,30)/t18-,21-/m1/s1. The van der Waals surface area contributed by atoms with Crippen molar-refractivity contribution in [2.45, 2.75) is 30.0 Å². The SMILES string of the molecule is O=C(Cc1ccccc1)N[C@@H]1C(=O)N2C(C(=O)OCc3ccc([N+](=O)[O-])cc3)=C(OS(=O)(=O)C(F)(F)F)CS[C@H]12.